The lowest BCUT2D eigenvalue weighted by molar-refractivity contribution is 0.163. The number of aromatic nitrogens is 3. The minimum Gasteiger partial charge on any atom is -0.383 e. The van der Waals surface area contributed by atoms with Crippen LogP contribution in [0.1, 0.15) is 19.0 Å². The predicted octanol–water partition coefficient (Wildman–Crippen LogP) is 1.78. The molecule has 102 valence electrons. The zero-order valence-corrected chi connectivity index (χ0v) is 11.4. The first-order valence-corrected chi connectivity index (χ1v) is 6.52. The molecule has 1 atom stereocenters. The number of hydrogen-bond donors (Lipinski definition) is 1. The molecule has 0 fully saturated rings. The Bertz CT molecular complexity index is 483. The molecule has 0 spiro atoms. The van der Waals surface area contributed by atoms with Gasteiger partial charge < -0.3 is 10.1 Å². The zero-order valence-electron chi connectivity index (χ0n) is 11.4. The molecule has 0 aliphatic carbocycles. The van der Waals surface area contributed by atoms with Crippen molar-refractivity contribution in [2.75, 3.05) is 13.7 Å². The molecule has 0 radical (unpaired) electrons. The van der Waals surface area contributed by atoms with Gasteiger partial charge in [-0.05, 0) is 18.6 Å². The molecule has 2 aromatic rings. The average molecular weight is 260 g/mol. The first-order chi connectivity index (χ1) is 9.33. The van der Waals surface area contributed by atoms with E-state index in [4.69, 9.17) is 4.74 Å². The smallest absolute Gasteiger partial charge is 0.0969 e. The summed E-state index contributed by atoms with van der Waals surface area (Å²) < 4.78 is 5.15. The van der Waals surface area contributed by atoms with Crippen LogP contribution in [0.2, 0.25) is 0 Å². The van der Waals surface area contributed by atoms with Crippen molar-refractivity contribution in [1.29, 1.82) is 0 Å². The first-order valence-electron chi connectivity index (χ1n) is 6.52. The van der Waals surface area contributed by atoms with Crippen LogP contribution in [-0.4, -0.2) is 34.8 Å². The fourth-order valence-electron chi connectivity index (χ4n) is 1.83. The number of para-hydroxylation sites is 1. The largest absolute Gasteiger partial charge is 0.383 e. The number of nitrogens with one attached hydrogen (secondary N) is 1. The van der Waals surface area contributed by atoms with E-state index in [0.29, 0.717) is 19.2 Å². The van der Waals surface area contributed by atoms with Gasteiger partial charge in [-0.2, -0.15) is 15.0 Å². The lowest BCUT2D eigenvalue weighted by atomic mass is 10.2. The molecule has 0 saturated carbocycles. The minimum absolute atomic E-state index is 0.354. The highest BCUT2D eigenvalue weighted by Crippen LogP contribution is 2.04. The van der Waals surface area contributed by atoms with E-state index in [-0.39, 0.29) is 0 Å². The van der Waals surface area contributed by atoms with Crippen LogP contribution >= 0.6 is 0 Å². The van der Waals surface area contributed by atoms with Gasteiger partial charge in [-0.3, -0.25) is 0 Å². The number of rotatable bonds is 7. The number of methoxy groups -OCH3 is 1. The third kappa shape index (κ3) is 3.87. The highest BCUT2D eigenvalue weighted by Gasteiger charge is 2.07. The van der Waals surface area contributed by atoms with Crippen molar-refractivity contribution in [2.24, 2.45) is 0 Å². The van der Waals surface area contributed by atoms with Crippen LogP contribution in [-0.2, 0) is 11.3 Å². The van der Waals surface area contributed by atoms with Crippen LogP contribution in [0.3, 0.4) is 0 Å². The normalized spacial score (nSPS) is 12.5. The highest BCUT2D eigenvalue weighted by molar-refractivity contribution is 5.28. The fourth-order valence-corrected chi connectivity index (χ4v) is 1.83. The molecule has 5 heteroatoms. The van der Waals surface area contributed by atoms with Crippen molar-refractivity contribution in [1.82, 2.24) is 20.3 Å². The lowest BCUT2D eigenvalue weighted by Crippen LogP contribution is -2.32. The van der Waals surface area contributed by atoms with Crippen LogP contribution in [0, 0.1) is 0 Å². The quantitative estimate of drug-likeness (QED) is 0.824. The molecule has 1 aromatic heterocycles. The van der Waals surface area contributed by atoms with Gasteiger partial charge in [-0.15, -0.1) is 0 Å². The molecule has 0 aliphatic heterocycles. The molecular formula is C14H20N4O. The van der Waals surface area contributed by atoms with Gasteiger partial charge in [0.1, 0.15) is 0 Å². The molecule has 19 heavy (non-hydrogen) atoms. The maximum atomic E-state index is 5.15. The lowest BCUT2D eigenvalue weighted by Gasteiger charge is -2.14. The molecular weight excluding hydrogens is 240 g/mol. The Morgan fingerprint density at radius 2 is 2.11 bits per heavy atom. The number of nitrogens with zero attached hydrogens (tertiary/aromatic N) is 3. The fraction of sp³-hybridized carbons (Fsp3) is 0.429. The van der Waals surface area contributed by atoms with Gasteiger partial charge in [0, 0.05) is 19.7 Å². The molecule has 0 saturated heterocycles. The van der Waals surface area contributed by atoms with Crippen molar-refractivity contribution in [3.05, 3.63) is 42.2 Å². The SMILES string of the molecule is CCC(COC)NCc1cnn(-c2ccccc2)n1. The summed E-state index contributed by atoms with van der Waals surface area (Å²) in [6.45, 7) is 3.55. The summed E-state index contributed by atoms with van der Waals surface area (Å²) in [5.41, 5.74) is 1.90. The summed E-state index contributed by atoms with van der Waals surface area (Å²) in [5, 5.41) is 12.1. The van der Waals surface area contributed by atoms with Gasteiger partial charge in [0.25, 0.3) is 0 Å². The maximum absolute atomic E-state index is 5.15. The number of ether oxygens (including phenoxy) is 1. The van der Waals surface area contributed by atoms with E-state index in [1.807, 2.05) is 30.3 Å². The Balaban J connectivity index is 1.94. The summed E-state index contributed by atoms with van der Waals surface area (Å²) in [5.74, 6) is 0. The predicted molar refractivity (Wildman–Crippen MR) is 74.2 cm³/mol. The molecule has 1 N–H and O–H groups in total. The van der Waals surface area contributed by atoms with E-state index >= 15 is 0 Å². The summed E-state index contributed by atoms with van der Waals surface area (Å²) in [6, 6.07) is 10.2. The molecule has 1 heterocycles. The van der Waals surface area contributed by atoms with Crippen LogP contribution in [0.25, 0.3) is 5.69 Å². The topological polar surface area (TPSA) is 52.0 Å². The highest BCUT2D eigenvalue weighted by atomic mass is 16.5. The Kier molecular flexibility index (Phi) is 5.06. The van der Waals surface area contributed by atoms with Crippen molar-refractivity contribution < 1.29 is 4.74 Å². The third-order valence-corrected chi connectivity index (χ3v) is 2.96. The molecule has 1 unspecified atom stereocenters. The van der Waals surface area contributed by atoms with Crippen LogP contribution in [0.5, 0.6) is 0 Å². The summed E-state index contributed by atoms with van der Waals surface area (Å²) >= 11 is 0. The van der Waals surface area contributed by atoms with Gasteiger partial charge >= 0.3 is 0 Å². The van der Waals surface area contributed by atoms with E-state index in [9.17, 15) is 0 Å². The summed E-state index contributed by atoms with van der Waals surface area (Å²) in [4.78, 5) is 1.65. The molecule has 0 amide bonds. The van der Waals surface area contributed by atoms with E-state index in [2.05, 4.69) is 22.4 Å². The molecule has 5 nitrogen and oxygen atoms in total. The number of hydrogen-bond acceptors (Lipinski definition) is 4. The monoisotopic (exact) mass is 260 g/mol. The minimum atomic E-state index is 0.354. The standard InChI is InChI=1S/C14H20N4O/c1-3-12(11-19-2)15-9-13-10-16-18(17-13)14-7-5-4-6-8-14/h4-8,10,12,15H,3,9,11H2,1-2H3. The van der Waals surface area contributed by atoms with Crippen molar-refractivity contribution in [3.63, 3.8) is 0 Å². The molecule has 0 bridgehead atoms. The molecule has 2 rings (SSSR count). The Morgan fingerprint density at radius 3 is 2.79 bits per heavy atom. The van der Waals surface area contributed by atoms with Gasteiger partial charge in [0.15, 0.2) is 0 Å². The van der Waals surface area contributed by atoms with E-state index < -0.39 is 0 Å². The second kappa shape index (κ2) is 7.01. The van der Waals surface area contributed by atoms with Gasteiger partial charge in [-0.25, -0.2) is 0 Å². The van der Waals surface area contributed by atoms with Gasteiger partial charge in [0.05, 0.1) is 24.2 Å². The summed E-state index contributed by atoms with van der Waals surface area (Å²) in [6.07, 6.45) is 2.82. The Morgan fingerprint density at radius 1 is 1.32 bits per heavy atom. The second-order valence-corrected chi connectivity index (χ2v) is 4.40. The van der Waals surface area contributed by atoms with Crippen molar-refractivity contribution in [3.8, 4) is 5.69 Å². The van der Waals surface area contributed by atoms with Crippen molar-refractivity contribution in [2.45, 2.75) is 25.9 Å². The van der Waals surface area contributed by atoms with E-state index in [1.165, 1.54) is 0 Å². The Labute approximate surface area is 113 Å². The van der Waals surface area contributed by atoms with Gasteiger partial charge in [-0.1, -0.05) is 25.1 Å². The number of benzene rings is 1. The zero-order chi connectivity index (χ0) is 13.5. The second-order valence-electron chi connectivity index (χ2n) is 4.40. The van der Waals surface area contributed by atoms with Crippen molar-refractivity contribution >= 4 is 0 Å². The van der Waals surface area contributed by atoms with Gasteiger partial charge in [0.2, 0.25) is 0 Å². The van der Waals surface area contributed by atoms with Crippen LogP contribution in [0.15, 0.2) is 36.5 Å². The maximum Gasteiger partial charge on any atom is 0.0969 e. The van der Waals surface area contributed by atoms with E-state index in [0.717, 1.165) is 17.8 Å². The first kappa shape index (κ1) is 13.7. The Hall–Kier alpha value is -1.72. The molecule has 1 aromatic carbocycles. The molecule has 0 aliphatic rings. The average Bonchev–Trinajstić information content (AvgIpc) is 2.93. The van der Waals surface area contributed by atoms with E-state index in [1.54, 1.807) is 18.1 Å². The summed E-state index contributed by atoms with van der Waals surface area (Å²) in [7, 11) is 1.72. The third-order valence-electron chi connectivity index (χ3n) is 2.96. The van der Waals surface area contributed by atoms with Crippen LogP contribution < -0.4 is 5.32 Å². The van der Waals surface area contributed by atoms with Crippen LogP contribution in [0.4, 0.5) is 0 Å².